The van der Waals surface area contributed by atoms with Crippen molar-refractivity contribution in [3.8, 4) is 0 Å². The van der Waals surface area contributed by atoms with E-state index in [1.54, 1.807) is 12.2 Å². The summed E-state index contributed by atoms with van der Waals surface area (Å²) in [6, 6.07) is 0. The van der Waals surface area contributed by atoms with Crippen molar-refractivity contribution in [3.63, 3.8) is 0 Å². The lowest BCUT2D eigenvalue weighted by Crippen LogP contribution is -2.63. The molecule has 1 heterocycles. The molecule has 2 fully saturated rings. The molecule has 0 bridgehead atoms. The number of carbonyl (C=O) groups excluding carboxylic acids is 3. The largest absolute Gasteiger partial charge is 0.458 e. The molecule has 1 unspecified atom stereocenters. The fourth-order valence-electron chi connectivity index (χ4n) is 6.45. The standard InChI is InChI=1S/C29H42O8/c1-9-16(3)11-12-28(8)18(5)13-24(32)29-22(26(34-19(6)30)37-27(29)35-20(7)31)14-21(15-23(28)29)36-25(33)17(4)10-2/h9,14,17-18,21,23-24,26-27,32H,1,3,10-13,15H2,2,4-8H3/t17?,18-,21+,23+,24+,26+,27-,28-,29-/m0/s1. The van der Waals surface area contributed by atoms with Gasteiger partial charge in [0.15, 0.2) is 0 Å². The maximum atomic E-state index is 12.8. The zero-order chi connectivity index (χ0) is 27.7. The molecule has 0 radical (unpaired) electrons. The van der Waals surface area contributed by atoms with E-state index < -0.39 is 47.6 Å². The van der Waals surface area contributed by atoms with Crippen LogP contribution in [0, 0.1) is 28.6 Å². The second-order valence-electron chi connectivity index (χ2n) is 11.2. The Labute approximate surface area is 220 Å². The van der Waals surface area contributed by atoms with Gasteiger partial charge in [-0.15, -0.1) is 0 Å². The van der Waals surface area contributed by atoms with Gasteiger partial charge in [0.05, 0.1) is 17.4 Å². The molecule has 0 aromatic carbocycles. The Hall–Kier alpha value is -2.45. The quantitative estimate of drug-likeness (QED) is 0.204. The van der Waals surface area contributed by atoms with Crippen LogP contribution in [0.3, 0.4) is 0 Å². The van der Waals surface area contributed by atoms with Crippen LogP contribution in [0.5, 0.6) is 0 Å². The van der Waals surface area contributed by atoms with Crippen molar-refractivity contribution in [2.24, 2.45) is 28.6 Å². The minimum Gasteiger partial charge on any atom is -0.458 e. The van der Waals surface area contributed by atoms with E-state index in [1.807, 2.05) is 13.8 Å². The summed E-state index contributed by atoms with van der Waals surface area (Å²) in [5.74, 6) is -1.99. The molecular formula is C29H42O8. The molecule has 206 valence electrons. The van der Waals surface area contributed by atoms with Gasteiger partial charge in [-0.3, -0.25) is 19.1 Å². The summed E-state index contributed by atoms with van der Waals surface area (Å²) in [6.07, 6.45) is 2.45. The molecule has 1 aliphatic heterocycles. The highest BCUT2D eigenvalue weighted by Crippen LogP contribution is 2.67. The van der Waals surface area contributed by atoms with E-state index in [0.29, 0.717) is 31.3 Å². The maximum absolute atomic E-state index is 12.8. The highest BCUT2D eigenvalue weighted by molar-refractivity contribution is 5.72. The molecule has 1 saturated heterocycles. The van der Waals surface area contributed by atoms with Gasteiger partial charge < -0.3 is 19.3 Å². The molecule has 0 amide bonds. The lowest BCUT2D eigenvalue weighted by Gasteiger charge is -2.60. The number of aliphatic hydroxyl groups is 1. The Kier molecular flexibility index (Phi) is 8.75. The first-order valence-electron chi connectivity index (χ1n) is 13.2. The van der Waals surface area contributed by atoms with E-state index in [4.69, 9.17) is 18.9 Å². The number of hydrogen-bond donors (Lipinski definition) is 1. The van der Waals surface area contributed by atoms with Gasteiger partial charge in [0.1, 0.15) is 6.10 Å². The second kappa shape index (κ2) is 11.1. The highest BCUT2D eigenvalue weighted by atomic mass is 16.8. The molecule has 8 heteroatoms. The average molecular weight is 519 g/mol. The van der Waals surface area contributed by atoms with Crippen molar-refractivity contribution in [3.05, 3.63) is 36.5 Å². The van der Waals surface area contributed by atoms with Gasteiger partial charge in [0.2, 0.25) is 12.6 Å². The Morgan fingerprint density at radius 2 is 1.86 bits per heavy atom. The van der Waals surface area contributed by atoms with Crippen molar-refractivity contribution in [1.29, 1.82) is 0 Å². The highest BCUT2D eigenvalue weighted by Gasteiger charge is 2.71. The predicted octanol–water partition coefficient (Wildman–Crippen LogP) is 4.62. The van der Waals surface area contributed by atoms with Gasteiger partial charge in [0.25, 0.3) is 0 Å². The third-order valence-corrected chi connectivity index (χ3v) is 8.95. The summed E-state index contributed by atoms with van der Waals surface area (Å²) in [7, 11) is 0. The van der Waals surface area contributed by atoms with E-state index in [-0.39, 0.29) is 23.7 Å². The van der Waals surface area contributed by atoms with Gasteiger partial charge in [-0.25, -0.2) is 0 Å². The second-order valence-corrected chi connectivity index (χ2v) is 11.2. The number of rotatable bonds is 9. The molecule has 0 aromatic rings. The first kappa shape index (κ1) is 29.1. The van der Waals surface area contributed by atoms with E-state index >= 15 is 0 Å². The molecule has 1 saturated carbocycles. The van der Waals surface area contributed by atoms with Gasteiger partial charge in [0, 0.05) is 19.4 Å². The van der Waals surface area contributed by atoms with Crippen LogP contribution in [-0.2, 0) is 33.3 Å². The molecule has 37 heavy (non-hydrogen) atoms. The van der Waals surface area contributed by atoms with Crippen LogP contribution in [-0.4, -0.2) is 47.8 Å². The molecule has 1 spiro atoms. The Morgan fingerprint density at radius 1 is 1.22 bits per heavy atom. The fraction of sp³-hybridized carbons (Fsp3) is 0.690. The monoisotopic (exact) mass is 518 g/mol. The summed E-state index contributed by atoms with van der Waals surface area (Å²) < 4.78 is 23.2. The van der Waals surface area contributed by atoms with Gasteiger partial charge in [-0.05, 0) is 55.4 Å². The topological polar surface area (TPSA) is 108 Å². The lowest BCUT2D eigenvalue weighted by molar-refractivity contribution is -0.254. The van der Waals surface area contributed by atoms with E-state index in [9.17, 15) is 19.5 Å². The van der Waals surface area contributed by atoms with Crippen molar-refractivity contribution in [2.45, 2.75) is 98.4 Å². The number of allylic oxidation sites excluding steroid dienone is 2. The van der Waals surface area contributed by atoms with Crippen LogP contribution in [0.4, 0.5) is 0 Å². The maximum Gasteiger partial charge on any atom is 0.309 e. The number of hydrogen-bond acceptors (Lipinski definition) is 8. The van der Waals surface area contributed by atoms with Gasteiger partial charge in [-0.2, -0.15) is 0 Å². The Balaban J connectivity index is 2.19. The summed E-state index contributed by atoms with van der Waals surface area (Å²) in [5.41, 5.74) is -0.169. The van der Waals surface area contributed by atoms with Gasteiger partial charge in [-0.1, -0.05) is 52.5 Å². The Bertz CT molecular complexity index is 969. The van der Waals surface area contributed by atoms with Crippen LogP contribution < -0.4 is 0 Å². The minimum absolute atomic E-state index is 0.0757. The molecule has 2 aliphatic carbocycles. The van der Waals surface area contributed by atoms with Crippen molar-refractivity contribution >= 4 is 17.9 Å². The van der Waals surface area contributed by atoms with Crippen LogP contribution in [0.2, 0.25) is 0 Å². The number of ether oxygens (including phenoxy) is 4. The van der Waals surface area contributed by atoms with E-state index in [1.165, 1.54) is 13.8 Å². The van der Waals surface area contributed by atoms with Crippen molar-refractivity contribution in [2.75, 3.05) is 0 Å². The van der Waals surface area contributed by atoms with E-state index in [0.717, 1.165) is 12.0 Å². The Morgan fingerprint density at radius 3 is 2.43 bits per heavy atom. The summed E-state index contributed by atoms with van der Waals surface area (Å²) in [4.78, 5) is 37.0. The summed E-state index contributed by atoms with van der Waals surface area (Å²) in [6.45, 7) is 18.5. The number of carbonyl (C=O) groups is 3. The molecule has 3 rings (SSSR count). The molecule has 9 atom stereocenters. The average Bonchev–Trinajstić information content (AvgIpc) is 3.12. The molecule has 3 aliphatic rings. The van der Waals surface area contributed by atoms with Crippen molar-refractivity contribution in [1.82, 2.24) is 0 Å². The zero-order valence-corrected chi connectivity index (χ0v) is 23.0. The number of aliphatic hydroxyl groups excluding tert-OH is 1. The summed E-state index contributed by atoms with van der Waals surface area (Å²) >= 11 is 0. The van der Waals surface area contributed by atoms with Crippen LogP contribution >= 0.6 is 0 Å². The molecule has 0 aromatic heterocycles. The van der Waals surface area contributed by atoms with E-state index in [2.05, 4.69) is 27.0 Å². The summed E-state index contributed by atoms with van der Waals surface area (Å²) in [5, 5.41) is 11.7. The van der Waals surface area contributed by atoms with Crippen LogP contribution in [0.15, 0.2) is 36.5 Å². The third-order valence-electron chi connectivity index (χ3n) is 8.95. The zero-order valence-electron chi connectivity index (χ0n) is 23.0. The fourth-order valence-corrected chi connectivity index (χ4v) is 6.45. The molecule has 8 nitrogen and oxygen atoms in total. The SMILES string of the molecule is C=CC(=C)CC[C@]1(C)[C@H]2C[C@H](OC(=O)C(C)CC)C=C3[C@H](OC(C)=O)O[C@H](OC(C)=O)[C@@]32[C@H](O)C[C@@H]1C. The van der Waals surface area contributed by atoms with Gasteiger partial charge >= 0.3 is 17.9 Å². The molecular weight excluding hydrogens is 476 g/mol. The third kappa shape index (κ3) is 5.28. The number of esters is 3. The first-order chi connectivity index (χ1) is 17.3. The normalized spacial score (nSPS) is 37.3. The lowest BCUT2D eigenvalue weighted by atomic mass is 9.45. The smallest absolute Gasteiger partial charge is 0.309 e. The molecule has 1 N–H and O–H groups in total. The minimum atomic E-state index is -1.18. The van der Waals surface area contributed by atoms with Crippen molar-refractivity contribution < 1.29 is 38.4 Å². The van der Waals surface area contributed by atoms with Crippen LogP contribution in [0.25, 0.3) is 0 Å². The predicted molar refractivity (Wildman–Crippen MR) is 137 cm³/mol. The van der Waals surface area contributed by atoms with Crippen LogP contribution in [0.1, 0.15) is 73.6 Å². The first-order valence-corrected chi connectivity index (χ1v) is 13.2.